The van der Waals surface area contributed by atoms with E-state index in [4.69, 9.17) is 23.2 Å². The third-order valence-electron chi connectivity index (χ3n) is 1.94. The standard InChI is InChI=1S/C9H8Cl2N4S/c1-15(3-6-4-16-5-13-6)8-7(10)2-12-9(11)14-8/h2,4-5H,3H2,1H3. The van der Waals surface area contributed by atoms with Gasteiger partial charge in [-0.05, 0) is 11.6 Å². The Labute approximate surface area is 107 Å². The number of nitrogens with zero attached hydrogens (tertiary/aromatic N) is 4. The van der Waals surface area contributed by atoms with Crippen LogP contribution in [0.1, 0.15) is 5.69 Å². The Kier molecular flexibility index (Phi) is 3.58. The molecule has 0 aliphatic heterocycles. The zero-order valence-corrected chi connectivity index (χ0v) is 10.7. The van der Waals surface area contributed by atoms with Crippen LogP contribution >= 0.6 is 34.5 Å². The first-order chi connectivity index (χ1) is 7.66. The van der Waals surface area contributed by atoms with E-state index in [0.717, 1.165) is 5.69 Å². The number of halogens is 2. The van der Waals surface area contributed by atoms with Gasteiger partial charge in [-0.1, -0.05) is 11.6 Å². The molecular formula is C9H8Cl2N4S. The quantitative estimate of drug-likeness (QED) is 0.808. The molecule has 0 aliphatic carbocycles. The summed E-state index contributed by atoms with van der Waals surface area (Å²) in [6.07, 6.45) is 1.49. The van der Waals surface area contributed by atoms with Gasteiger partial charge in [-0.3, -0.25) is 0 Å². The van der Waals surface area contributed by atoms with Crippen molar-refractivity contribution in [2.45, 2.75) is 6.54 Å². The van der Waals surface area contributed by atoms with Gasteiger partial charge in [0, 0.05) is 12.4 Å². The van der Waals surface area contributed by atoms with Crippen molar-refractivity contribution in [1.29, 1.82) is 0 Å². The van der Waals surface area contributed by atoms with Gasteiger partial charge in [0.05, 0.1) is 23.9 Å². The Morgan fingerprint density at radius 3 is 2.88 bits per heavy atom. The van der Waals surface area contributed by atoms with Crippen molar-refractivity contribution in [1.82, 2.24) is 15.0 Å². The summed E-state index contributed by atoms with van der Waals surface area (Å²) in [5, 5.41) is 2.64. The van der Waals surface area contributed by atoms with Crippen LogP contribution in [0.4, 0.5) is 5.82 Å². The third kappa shape index (κ3) is 2.61. The molecule has 0 radical (unpaired) electrons. The van der Waals surface area contributed by atoms with Crippen LogP contribution < -0.4 is 4.90 Å². The van der Waals surface area contributed by atoms with Gasteiger partial charge in [0.1, 0.15) is 5.02 Å². The number of rotatable bonds is 3. The molecule has 2 heterocycles. The molecule has 2 rings (SSSR count). The Hall–Kier alpha value is -0.910. The molecule has 0 bridgehead atoms. The van der Waals surface area contributed by atoms with Crippen molar-refractivity contribution in [3.63, 3.8) is 0 Å². The van der Waals surface area contributed by atoms with Gasteiger partial charge in [-0.25, -0.2) is 9.97 Å². The first kappa shape index (κ1) is 11.6. The van der Waals surface area contributed by atoms with Crippen molar-refractivity contribution in [2.24, 2.45) is 0 Å². The van der Waals surface area contributed by atoms with Crippen LogP contribution in [0.5, 0.6) is 0 Å². The molecule has 0 N–H and O–H groups in total. The van der Waals surface area contributed by atoms with Crippen molar-refractivity contribution in [3.05, 3.63) is 33.1 Å². The van der Waals surface area contributed by atoms with Gasteiger partial charge in [0.2, 0.25) is 5.28 Å². The molecule has 2 aromatic heterocycles. The van der Waals surface area contributed by atoms with Crippen LogP contribution in [0.3, 0.4) is 0 Å². The van der Waals surface area contributed by atoms with E-state index in [1.165, 1.54) is 6.20 Å². The first-order valence-corrected chi connectivity index (χ1v) is 6.13. The average molecular weight is 275 g/mol. The largest absolute Gasteiger partial charge is 0.352 e. The van der Waals surface area contributed by atoms with E-state index in [9.17, 15) is 0 Å². The minimum Gasteiger partial charge on any atom is -0.352 e. The maximum atomic E-state index is 5.99. The second-order valence-electron chi connectivity index (χ2n) is 3.15. The van der Waals surface area contributed by atoms with E-state index in [0.29, 0.717) is 17.4 Å². The molecule has 7 heteroatoms. The smallest absolute Gasteiger partial charge is 0.224 e. The van der Waals surface area contributed by atoms with Gasteiger partial charge < -0.3 is 4.90 Å². The highest BCUT2D eigenvalue weighted by atomic mass is 35.5. The van der Waals surface area contributed by atoms with E-state index in [1.807, 2.05) is 17.3 Å². The fourth-order valence-corrected chi connectivity index (χ4v) is 2.15. The van der Waals surface area contributed by atoms with E-state index < -0.39 is 0 Å². The van der Waals surface area contributed by atoms with Crippen molar-refractivity contribution < 1.29 is 0 Å². The highest BCUT2D eigenvalue weighted by Gasteiger charge is 2.10. The molecule has 0 aliphatic rings. The maximum Gasteiger partial charge on any atom is 0.224 e. The zero-order chi connectivity index (χ0) is 11.5. The number of thiazole rings is 1. The Morgan fingerprint density at radius 2 is 2.19 bits per heavy atom. The molecular weight excluding hydrogens is 267 g/mol. The summed E-state index contributed by atoms with van der Waals surface area (Å²) in [5.41, 5.74) is 2.76. The lowest BCUT2D eigenvalue weighted by atomic mass is 10.4. The SMILES string of the molecule is CN(Cc1cscn1)c1nc(Cl)ncc1Cl. The summed E-state index contributed by atoms with van der Waals surface area (Å²) >= 11 is 13.3. The summed E-state index contributed by atoms with van der Waals surface area (Å²) < 4.78 is 0. The fraction of sp³-hybridized carbons (Fsp3) is 0.222. The number of hydrogen-bond donors (Lipinski definition) is 0. The Morgan fingerprint density at radius 1 is 1.38 bits per heavy atom. The van der Waals surface area contributed by atoms with Crippen LogP contribution in [0, 0.1) is 0 Å². The van der Waals surface area contributed by atoms with E-state index >= 15 is 0 Å². The predicted molar refractivity (Wildman–Crippen MR) is 66.3 cm³/mol. The van der Waals surface area contributed by atoms with Crippen molar-refractivity contribution in [3.8, 4) is 0 Å². The maximum absolute atomic E-state index is 5.99. The van der Waals surface area contributed by atoms with Crippen LogP contribution in [-0.2, 0) is 6.54 Å². The van der Waals surface area contributed by atoms with Crippen LogP contribution in [0.15, 0.2) is 17.1 Å². The molecule has 0 saturated carbocycles. The summed E-state index contributed by atoms with van der Waals surface area (Å²) in [4.78, 5) is 13.9. The van der Waals surface area contributed by atoms with Gasteiger partial charge in [0.25, 0.3) is 0 Å². The minimum absolute atomic E-state index is 0.185. The molecule has 0 spiro atoms. The molecule has 2 aromatic rings. The molecule has 16 heavy (non-hydrogen) atoms. The van der Waals surface area contributed by atoms with E-state index in [1.54, 1.807) is 16.8 Å². The minimum atomic E-state index is 0.185. The molecule has 0 aromatic carbocycles. The van der Waals surface area contributed by atoms with Crippen molar-refractivity contribution in [2.75, 3.05) is 11.9 Å². The molecule has 0 fully saturated rings. The highest BCUT2D eigenvalue weighted by molar-refractivity contribution is 7.07. The Balaban J connectivity index is 2.20. The second-order valence-corrected chi connectivity index (χ2v) is 4.61. The van der Waals surface area contributed by atoms with Crippen LogP contribution in [0.2, 0.25) is 10.3 Å². The molecule has 0 atom stereocenters. The summed E-state index contributed by atoms with van der Waals surface area (Å²) in [6, 6.07) is 0. The van der Waals surface area contributed by atoms with Gasteiger partial charge >= 0.3 is 0 Å². The number of anilines is 1. The summed E-state index contributed by atoms with van der Waals surface area (Å²) in [7, 11) is 1.88. The molecule has 0 unspecified atom stereocenters. The summed E-state index contributed by atoms with van der Waals surface area (Å²) in [6.45, 7) is 0.635. The lowest BCUT2D eigenvalue weighted by Crippen LogP contribution is -2.18. The molecule has 0 amide bonds. The van der Waals surface area contributed by atoms with Crippen LogP contribution in [-0.4, -0.2) is 22.0 Å². The van der Waals surface area contributed by atoms with Gasteiger partial charge in [-0.2, -0.15) is 4.98 Å². The summed E-state index contributed by atoms with van der Waals surface area (Å²) in [5.74, 6) is 0.606. The van der Waals surface area contributed by atoms with Crippen molar-refractivity contribution >= 4 is 40.4 Å². The average Bonchev–Trinajstić information content (AvgIpc) is 2.74. The molecule has 84 valence electrons. The number of aromatic nitrogens is 3. The zero-order valence-electron chi connectivity index (χ0n) is 8.39. The lowest BCUT2D eigenvalue weighted by molar-refractivity contribution is 0.869. The highest BCUT2D eigenvalue weighted by Crippen LogP contribution is 2.23. The fourth-order valence-electron chi connectivity index (χ4n) is 1.24. The first-order valence-electron chi connectivity index (χ1n) is 4.43. The Bertz CT molecular complexity index is 474. The van der Waals surface area contributed by atoms with Gasteiger partial charge in [-0.15, -0.1) is 11.3 Å². The topological polar surface area (TPSA) is 41.9 Å². The third-order valence-corrected chi connectivity index (χ3v) is 3.02. The predicted octanol–water partition coefficient (Wildman–Crippen LogP) is 2.88. The van der Waals surface area contributed by atoms with E-state index in [2.05, 4.69) is 15.0 Å². The van der Waals surface area contributed by atoms with Crippen LogP contribution in [0.25, 0.3) is 0 Å². The molecule has 4 nitrogen and oxygen atoms in total. The number of hydrogen-bond acceptors (Lipinski definition) is 5. The van der Waals surface area contributed by atoms with Gasteiger partial charge in [0.15, 0.2) is 5.82 Å². The molecule has 0 saturated heterocycles. The lowest BCUT2D eigenvalue weighted by Gasteiger charge is -2.17. The monoisotopic (exact) mass is 274 g/mol. The second kappa shape index (κ2) is 4.95. The van der Waals surface area contributed by atoms with E-state index in [-0.39, 0.29) is 5.28 Å². The normalized spacial score (nSPS) is 10.4.